The normalized spacial score (nSPS) is 44.6. The van der Waals surface area contributed by atoms with E-state index in [1.807, 2.05) is 77.0 Å². The zero-order valence-electron chi connectivity index (χ0n) is 38.4. The third kappa shape index (κ3) is 11.3. The van der Waals surface area contributed by atoms with Crippen molar-refractivity contribution in [2.24, 2.45) is 28.8 Å². The average Bonchev–Trinajstić information content (AvgIpc) is 3.21. The van der Waals surface area contributed by atoms with Crippen molar-refractivity contribution in [3.05, 3.63) is 35.9 Å². The van der Waals surface area contributed by atoms with Gasteiger partial charge in [0.2, 0.25) is 0 Å². The number of hydrogen-bond donors (Lipinski definition) is 4. The lowest BCUT2D eigenvalue weighted by atomic mass is 9.73. The Kier molecular flexibility index (Phi) is 17.6. The number of nitrogens with zero attached hydrogens (tertiary/aromatic N) is 2. The number of aliphatic hydroxyl groups excluding tert-OH is 3. The van der Waals surface area contributed by atoms with Crippen LogP contribution in [0, 0.1) is 23.7 Å². The second-order valence-electron chi connectivity index (χ2n) is 18.5. The highest BCUT2D eigenvalue weighted by molar-refractivity contribution is 5.88. The van der Waals surface area contributed by atoms with Gasteiger partial charge in [0.25, 0.3) is 0 Å². The highest BCUT2D eigenvalue weighted by Crippen LogP contribution is 2.42. The number of ether oxygens (including phenoxy) is 7. The molecule has 0 aliphatic carbocycles. The van der Waals surface area contributed by atoms with Crippen molar-refractivity contribution in [3.63, 3.8) is 0 Å². The van der Waals surface area contributed by atoms with Crippen molar-refractivity contribution < 1.29 is 63.2 Å². The Balaban J connectivity index is 1.90. The van der Waals surface area contributed by atoms with Gasteiger partial charge in [0, 0.05) is 44.4 Å². The van der Waals surface area contributed by atoms with Crippen molar-refractivity contribution in [1.82, 2.24) is 4.90 Å². The summed E-state index contributed by atoms with van der Waals surface area (Å²) in [5.74, 6) is -3.62. The molecule has 0 saturated carbocycles. The molecule has 1 aromatic rings. The summed E-state index contributed by atoms with van der Waals surface area (Å²) in [6, 6.07) is 9.29. The summed E-state index contributed by atoms with van der Waals surface area (Å²) in [5, 5.41) is 51.6. The molecule has 344 valence electrons. The summed E-state index contributed by atoms with van der Waals surface area (Å²) in [6.45, 7) is 18.0. The van der Waals surface area contributed by atoms with Crippen LogP contribution in [-0.4, -0.2) is 150 Å². The Hall–Kier alpha value is -2.28. The molecule has 0 bridgehead atoms. The van der Waals surface area contributed by atoms with Gasteiger partial charge in [-0.3, -0.25) is 4.79 Å². The van der Waals surface area contributed by atoms with Gasteiger partial charge >= 0.3 is 5.97 Å². The number of rotatable bonds is 11. The van der Waals surface area contributed by atoms with Crippen LogP contribution in [0.15, 0.2) is 35.5 Å². The summed E-state index contributed by atoms with van der Waals surface area (Å²) < 4.78 is 44.8. The maximum absolute atomic E-state index is 14.5. The summed E-state index contributed by atoms with van der Waals surface area (Å²) in [6.07, 6.45) is -8.34. The number of carbonyl (C=O) groups is 1. The third-order valence-electron chi connectivity index (χ3n) is 13.5. The molecule has 3 aliphatic heterocycles. The van der Waals surface area contributed by atoms with E-state index in [0.29, 0.717) is 12.1 Å². The fourth-order valence-corrected chi connectivity index (χ4v) is 9.52. The van der Waals surface area contributed by atoms with Crippen molar-refractivity contribution in [2.75, 3.05) is 28.3 Å². The summed E-state index contributed by atoms with van der Waals surface area (Å²) in [4.78, 5) is 22.4. The molecule has 4 rings (SSSR count). The third-order valence-corrected chi connectivity index (χ3v) is 13.5. The fraction of sp³-hybridized carbons (Fsp3) is 0.822. The second-order valence-corrected chi connectivity index (χ2v) is 18.5. The number of esters is 1. The van der Waals surface area contributed by atoms with E-state index in [4.69, 9.17) is 38.0 Å². The van der Waals surface area contributed by atoms with E-state index in [1.165, 1.54) is 14.0 Å². The Morgan fingerprint density at radius 2 is 1.50 bits per heavy atom. The fourth-order valence-electron chi connectivity index (χ4n) is 9.52. The van der Waals surface area contributed by atoms with E-state index in [0.717, 1.165) is 5.56 Å². The zero-order valence-corrected chi connectivity index (χ0v) is 38.4. The molecule has 3 saturated heterocycles. The molecule has 3 fully saturated rings. The van der Waals surface area contributed by atoms with Crippen molar-refractivity contribution in [3.8, 4) is 0 Å². The van der Waals surface area contributed by atoms with Crippen LogP contribution in [0.2, 0.25) is 0 Å². The quantitative estimate of drug-likeness (QED) is 0.181. The molecule has 0 radical (unpaired) electrons. The number of cyclic esters (lactones) is 1. The lowest BCUT2D eigenvalue weighted by Gasteiger charge is -2.50. The van der Waals surface area contributed by atoms with Crippen molar-refractivity contribution in [2.45, 2.75) is 186 Å². The van der Waals surface area contributed by atoms with E-state index in [2.05, 4.69) is 5.16 Å². The number of benzene rings is 1. The highest BCUT2D eigenvalue weighted by atomic mass is 16.7. The molecule has 2 unspecified atom stereocenters. The number of hydrogen-bond acceptors (Lipinski definition) is 15. The summed E-state index contributed by atoms with van der Waals surface area (Å²) in [7, 11) is 6.90. The van der Waals surface area contributed by atoms with Crippen LogP contribution in [-0.2, 0) is 49.4 Å². The Labute approximate surface area is 358 Å². The van der Waals surface area contributed by atoms with Gasteiger partial charge in [-0.25, -0.2) is 0 Å². The first-order valence-corrected chi connectivity index (χ1v) is 21.6. The Morgan fingerprint density at radius 3 is 2.08 bits per heavy atom. The second kappa shape index (κ2) is 20.9. The molecule has 4 N–H and O–H groups in total. The number of aliphatic hydroxyl groups is 4. The maximum Gasteiger partial charge on any atom is 0.311 e. The van der Waals surface area contributed by atoms with Crippen LogP contribution in [0.5, 0.6) is 0 Å². The van der Waals surface area contributed by atoms with Gasteiger partial charge in [-0.15, -0.1) is 0 Å². The van der Waals surface area contributed by atoms with Crippen LogP contribution in [0.1, 0.15) is 100 Å². The molecule has 1 aromatic carbocycles. The molecular weight excluding hydrogens is 776 g/mol. The molecule has 3 heterocycles. The molecule has 0 aromatic heterocycles. The van der Waals surface area contributed by atoms with E-state index in [-0.39, 0.29) is 38.0 Å². The average molecular weight is 853 g/mol. The van der Waals surface area contributed by atoms with Gasteiger partial charge in [0.1, 0.15) is 30.5 Å². The molecule has 0 amide bonds. The standard InChI is InChI=1S/C45H76N2O13/c1-15-33-45(10,52)38(49)27(4)35(46-55-24-31-19-17-16-18-20-31)25(2)22-44(9,54-14)40(60-42-36(48)32(47(11)12)21-26(3)56-42)28(5)37(29(6)41(51)58-33)59-34-23-43(8,53-13)39(50)30(7)57-34/h16-20,25-30,32-34,36-40,42,48-50,52H,15,21-24H2,1-14H3/b46-35+/t25-,26-,27+,28+,29-,30+,32+,33?,34+,36-,37?,38-,39+,40-,42+,43-,44-,45-/m1/s1. The van der Waals surface area contributed by atoms with Gasteiger partial charge < -0.3 is 63.3 Å². The molecule has 15 nitrogen and oxygen atoms in total. The number of oxime groups is 1. The lowest BCUT2D eigenvalue weighted by molar-refractivity contribution is -0.319. The van der Waals surface area contributed by atoms with Gasteiger partial charge in [-0.05, 0) is 80.5 Å². The van der Waals surface area contributed by atoms with Crippen LogP contribution in [0.25, 0.3) is 0 Å². The molecule has 60 heavy (non-hydrogen) atoms. The smallest absolute Gasteiger partial charge is 0.311 e. The van der Waals surface area contributed by atoms with Crippen LogP contribution < -0.4 is 0 Å². The van der Waals surface area contributed by atoms with Crippen molar-refractivity contribution in [1.29, 1.82) is 0 Å². The Morgan fingerprint density at radius 1 is 0.867 bits per heavy atom. The zero-order chi connectivity index (χ0) is 44.9. The number of methoxy groups -OCH3 is 2. The van der Waals surface area contributed by atoms with Crippen LogP contribution >= 0.6 is 0 Å². The molecule has 18 atom stereocenters. The minimum atomic E-state index is -1.92. The highest BCUT2D eigenvalue weighted by Gasteiger charge is 2.54. The van der Waals surface area contributed by atoms with E-state index in [9.17, 15) is 25.2 Å². The van der Waals surface area contributed by atoms with Crippen molar-refractivity contribution >= 4 is 11.7 Å². The first kappa shape index (κ1) is 50.4. The van der Waals surface area contributed by atoms with E-state index < -0.39 is 102 Å². The van der Waals surface area contributed by atoms with E-state index in [1.54, 1.807) is 41.7 Å². The van der Waals surface area contributed by atoms with E-state index >= 15 is 0 Å². The van der Waals surface area contributed by atoms with Gasteiger partial charge in [0.05, 0.1) is 53.4 Å². The number of likely N-dealkylation sites (N-methyl/N-ethyl adjacent to an activating group) is 1. The first-order chi connectivity index (χ1) is 28.0. The molecule has 0 spiro atoms. The summed E-state index contributed by atoms with van der Waals surface area (Å²) >= 11 is 0. The molecular formula is C45H76N2O13. The first-order valence-electron chi connectivity index (χ1n) is 21.6. The summed E-state index contributed by atoms with van der Waals surface area (Å²) in [5.41, 5.74) is -2.81. The predicted molar refractivity (Wildman–Crippen MR) is 225 cm³/mol. The lowest BCUT2D eigenvalue weighted by Crippen LogP contribution is -2.61. The molecule has 15 heteroatoms. The predicted octanol–water partition coefficient (Wildman–Crippen LogP) is 4.44. The molecule has 3 aliphatic rings. The minimum absolute atomic E-state index is 0.135. The SMILES string of the molecule is CCC1OC(=O)[C@H](C)C(O[C@H]2C[C@@](C)(OC)[C@@H](O)[C@H](C)O2)[C@H](C)[C@@H](O[C@@H]2O[C@H](C)C[C@H](N(C)C)[C@H]2O)[C@](C)(OC)C[C@@H](C)/C(=N\OCc2ccccc2)[C@H](C)[C@@H](O)[C@]1(C)O. The topological polar surface area (TPSA) is 187 Å². The van der Waals surface area contributed by atoms with Crippen LogP contribution in [0.4, 0.5) is 0 Å². The maximum atomic E-state index is 14.5. The van der Waals surface area contributed by atoms with Gasteiger partial charge in [-0.2, -0.15) is 0 Å². The van der Waals surface area contributed by atoms with Crippen LogP contribution in [0.3, 0.4) is 0 Å². The van der Waals surface area contributed by atoms with Gasteiger partial charge in [0.15, 0.2) is 12.6 Å². The number of carbonyl (C=O) groups excluding carboxylic acids is 1. The Bertz CT molecular complexity index is 1530. The largest absolute Gasteiger partial charge is 0.459 e. The minimum Gasteiger partial charge on any atom is -0.459 e. The monoisotopic (exact) mass is 853 g/mol. The van der Waals surface area contributed by atoms with Gasteiger partial charge in [-0.1, -0.05) is 63.2 Å².